The molecule has 0 aliphatic heterocycles. The van der Waals surface area contributed by atoms with Crippen molar-refractivity contribution in [2.24, 2.45) is 0 Å². The maximum atomic E-state index is 4.26. The highest BCUT2D eigenvalue weighted by molar-refractivity contribution is 5.42. The van der Waals surface area contributed by atoms with Crippen LogP contribution in [0.1, 0.15) is 43.9 Å². The summed E-state index contributed by atoms with van der Waals surface area (Å²) in [6, 6.07) is 10.9. The van der Waals surface area contributed by atoms with E-state index in [1.165, 1.54) is 17.5 Å². The van der Waals surface area contributed by atoms with E-state index in [0.29, 0.717) is 12.0 Å². The number of fused-ring (bicyclic) bond motifs is 1. The number of aromatic nitrogens is 2. The van der Waals surface area contributed by atoms with Crippen LogP contribution in [0.2, 0.25) is 0 Å². The van der Waals surface area contributed by atoms with Gasteiger partial charge in [-0.2, -0.15) is 0 Å². The molecule has 3 rings (SSSR count). The second-order valence-electron chi connectivity index (χ2n) is 5.78. The van der Waals surface area contributed by atoms with Gasteiger partial charge in [-0.15, -0.1) is 0 Å². The Morgan fingerprint density at radius 3 is 2.63 bits per heavy atom. The molecule has 3 heteroatoms. The fourth-order valence-electron chi connectivity index (χ4n) is 2.89. The third-order valence-electron chi connectivity index (χ3n) is 3.99. The van der Waals surface area contributed by atoms with E-state index >= 15 is 0 Å². The van der Waals surface area contributed by atoms with Gasteiger partial charge >= 0.3 is 0 Å². The van der Waals surface area contributed by atoms with Crippen LogP contribution >= 0.6 is 0 Å². The first-order valence-electron chi connectivity index (χ1n) is 6.80. The zero-order chi connectivity index (χ0) is 13.3. The van der Waals surface area contributed by atoms with E-state index in [1.807, 2.05) is 6.07 Å². The van der Waals surface area contributed by atoms with Gasteiger partial charge in [-0.05, 0) is 35.4 Å². The molecule has 1 N–H and O–H groups in total. The topological polar surface area (TPSA) is 37.8 Å². The van der Waals surface area contributed by atoms with Crippen LogP contribution in [0.25, 0.3) is 0 Å². The molecule has 1 unspecified atom stereocenters. The summed E-state index contributed by atoms with van der Waals surface area (Å²) in [7, 11) is 0. The van der Waals surface area contributed by atoms with Crippen molar-refractivity contribution in [2.75, 3.05) is 5.32 Å². The van der Waals surface area contributed by atoms with E-state index in [9.17, 15) is 0 Å². The Kier molecular flexibility index (Phi) is 2.97. The second kappa shape index (κ2) is 4.65. The van der Waals surface area contributed by atoms with E-state index in [4.69, 9.17) is 0 Å². The number of hydrogen-bond donors (Lipinski definition) is 1. The molecule has 0 spiro atoms. The highest BCUT2D eigenvalue weighted by atomic mass is 15.1. The molecular formula is C16H19N3. The monoisotopic (exact) mass is 253 g/mol. The van der Waals surface area contributed by atoms with Crippen LogP contribution in [0, 0.1) is 0 Å². The lowest BCUT2D eigenvalue weighted by molar-refractivity contribution is 0.405. The minimum Gasteiger partial charge on any atom is -0.347 e. The van der Waals surface area contributed by atoms with E-state index in [0.717, 1.165) is 6.42 Å². The molecule has 1 atom stereocenters. The number of hydrogen-bond acceptors (Lipinski definition) is 3. The van der Waals surface area contributed by atoms with Gasteiger partial charge in [0, 0.05) is 12.4 Å². The third-order valence-corrected chi connectivity index (χ3v) is 3.99. The maximum absolute atomic E-state index is 4.26. The van der Waals surface area contributed by atoms with Crippen LogP contribution in [0.4, 0.5) is 5.95 Å². The van der Waals surface area contributed by atoms with Crippen LogP contribution in [0.3, 0.4) is 0 Å². The molecule has 3 nitrogen and oxygen atoms in total. The van der Waals surface area contributed by atoms with Gasteiger partial charge in [0.05, 0.1) is 6.04 Å². The summed E-state index contributed by atoms with van der Waals surface area (Å²) in [5.41, 5.74) is 3.08. The van der Waals surface area contributed by atoms with Crippen LogP contribution in [-0.4, -0.2) is 9.97 Å². The lowest BCUT2D eigenvalue weighted by Crippen LogP contribution is -2.29. The highest BCUT2D eigenvalue weighted by Crippen LogP contribution is 2.42. The van der Waals surface area contributed by atoms with Crippen molar-refractivity contribution in [3.63, 3.8) is 0 Å². The van der Waals surface area contributed by atoms with Crippen molar-refractivity contribution in [3.05, 3.63) is 53.9 Å². The molecule has 1 aliphatic rings. The molecule has 1 heterocycles. The minimum absolute atomic E-state index is 0.256. The average Bonchev–Trinajstić information content (AvgIpc) is 2.44. The first kappa shape index (κ1) is 12.2. The zero-order valence-corrected chi connectivity index (χ0v) is 11.4. The molecule has 0 saturated carbocycles. The maximum Gasteiger partial charge on any atom is 0.223 e. The Morgan fingerprint density at radius 2 is 1.84 bits per heavy atom. The van der Waals surface area contributed by atoms with Crippen molar-refractivity contribution in [2.45, 2.75) is 38.1 Å². The Morgan fingerprint density at radius 1 is 1.11 bits per heavy atom. The van der Waals surface area contributed by atoms with Gasteiger partial charge in [-0.1, -0.05) is 38.1 Å². The van der Waals surface area contributed by atoms with Gasteiger partial charge in [0.15, 0.2) is 0 Å². The molecule has 1 aliphatic carbocycles. The van der Waals surface area contributed by atoms with Gasteiger partial charge in [0.25, 0.3) is 0 Å². The standard InChI is InChI=1S/C16H19N3/c1-16(2)9-8-14(12-6-3-4-7-13(12)16)19-15-17-10-5-11-18-15/h3-7,10-11,14H,8-9H2,1-2H3,(H,17,18,19). The molecule has 2 aromatic rings. The van der Waals surface area contributed by atoms with Gasteiger partial charge in [-0.25, -0.2) is 9.97 Å². The molecule has 0 saturated heterocycles. The fraction of sp³-hybridized carbons (Fsp3) is 0.375. The number of anilines is 1. The number of rotatable bonds is 2. The van der Waals surface area contributed by atoms with Crippen LogP contribution in [-0.2, 0) is 5.41 Å². The minimum atomic E-state index is 0.256. The van der Waals surface area contributed by atoms with Crippen LogP contribution < -0.4 is 5.32 Å². The normalized spacial score (nSPS) is 20.6. The molecule has 19 heavy (non-hydrogen) atoms. The number of benzene rings is 1. The van der Waals surface area contributed by atoms with Crippen molar-refractivity contribution in [1.82, 2.24) is 9.97 Å². The smallest absolute Gasteiger partial charge is 0.223 e. The van der Waals surface area contributed by atoms with Gasteiger partial charge in [0.2, 0.25) is 5.95 Å². The van der Waals surface area contributed by atoms with E-state index in [-0.39, 0.29) is 5.41 Å². The number of nitrogens with zero attached hydrogens (tertiary/aromatic N) is 2. The fourth-order valence-corrected chi connectivity index (χ4v) is 2.89. The summed E-state index contributed by atoms with van der Waals surface area (Å²) in [6.45, 7) is 4.64. The van der Waals surface area contributed by atoms with Crippen molar-refractivity contribution < 1.29 is 0 Å². The first-order chi connectivity index (χ1) is 9.17. The third kappa shape index (κ3) is 2.33. The summed E-state index contributed by atoms with van der Waals surface area (Å²) >= 11 is 0. The molecule has 1 aromatic heterocycles. The summed E-state index contributed by atoms with van der Waals surface area (Å²) in [4.78, 5) is 8.52. The van der Waals surface area contributed by atoms with Gasteiger partial charge in [-0.3, -0.25) is 0 Å². The lowest BCUT2D eigenvalue weighted by Gasteiger charge is -2.37. The second-order valence-corrected chi connectivity index (χ2v) is 5.78. The van der Waals surface area contributed by atoms with E-state index in [2.05, 4.69) is 53.4 Å². The van der Waals surface area contributed by atoms with Crippen LogP contribution in [0.15, 0.2) is 42.7 Å². The molecule has 98 valence electrons. The molecular weight excluding hydrogens is 234 g/mol. The lowest BCUT2D eigenvalue weighted by atomic mass is 9.71. The predicted octanol–water partition coefficient (Wildman–Crippen LogP) is 3.70. The summed E-state index contributed by atoms with van der Waals surface area (Å²) < 4.78 is 0. The summed E-state index contributed by atoms with van der Waals surface area (Å²) in [5, 5.41) is 3.45. The van der Waals surface area contributed by atoms with Crippen molar-refractivity contribution in [1.29, 1.82) is 0 Å². The largest absolute Gasteiger partial charge is 0.347 e. The molecule has 0 radical (unpaired) electrons. The zero-order valence-electron chi connectivity index (χ0n) is 11.4. The van der Waals surface area contributed by atoms with Gasteiger partial charge < -0.3 is 5.32 Å². The Labute approximate surface area is 114 Å². The quantitative estimate of drug-likeness (QED) is 0.886. The van der Waals surface area contributed by atoms with E-state index in [1.54, 1.807) is 12.4 Å². The SMILES string of the molecule is CC1(C)CCC(Nc2ncccn2)c2ccccc21. The first-order valence-corrected chi connectivity index (χ1v) is 6.80. The highest BCUT2D eigenvalue weighted by Gasteiger charge is 2.32. The number of nitrogens with one attached hydrogen (secondary N) is 1. The van der Waals surface area contributed by atoms with Gasteiger partial charge in [0.1, 0.15) is 0 Å². The average molecular weight is 253 g/mol. The molecule has 0 fully saturated rings. The Hall–Kier alpha value is -1.90. The summed E-state index contributed by atoms with van der Waals surface area (Å²) in [5.74, 6) is 0.710. The van der Waals surface area contributed by atoms with Crippen molar-refractivity contribution in [3.8, 4) is 0 Å². The van der Waals surface area contributed by atoms with Crippen molar-refractivity contribution >= 4 is 5.95 Å². The van der Waals surface area contributed by atoms with Crippen LogP contribution in [0.5, 0.6) is 0 Å². The van der Waals surface area contributed by atoms with E-state index < -0.39 is 0 Å². The summed E-state index contributed by atoms with van der Waals surface area (Å²) in [6.07, 6.45) is 5.83. The Bertz CT molecular complexity index is 563. The molecule has 0 bridgehead atoms. The molecule has 1 aromatic carbocycles. The Balaban J connectivity index is 1.93. The molecule has 0 amide bonds. The predicted molar refractivity (Wildman–Crippen MR) is 77.1 cm³/mol.